The van der Waals surface area contributed by atoms with Gasteiger partial charge in [0.25, 0.3) is 0 Å². The van der Waals surface area contributed by atoms with E-state index in [9.17, 15) is 4.79 Å². The fourth-order valence-corrected chi connectivity index (χ4v) is 5.66. The molecule has 3 atom stereocenters. The maximum absolute atomic E-state index is 12.4. The summed E-state index contributed by atoms with van der Waals surface area (Å²) in [5.41, 5.74) is -0.110. The molecule has 1 aliphatic heterocycles. The molecule has 0 radical (unpaired) electrons. The topological polar surface area (TPSA) is 32.3 Å². The fourth-order valence-electron chi connectivity index (χ4n) is 4.65. The Bertz CT molecular complexity index is 550. The summed E-state index contributed by atoms with van der Waals surface area (Å²) in [6.07, 6.45) is 3.95. The zero-order chi connectivity index (χ0) is 16.6. The molecular weight excluding hydrogens is 339 g/mol. The molecule has 3 aliphatic rings. The number of nitrogens with one attached hydrogen (secondary N) is 1. The average molecular weight is 363 g/mol. The number of carbonyl (C=O) groups is 1. The van der Waals surface area contributed by atoms with Crippen LogP contribution in [0, 0.1) is 16.2 Å². The summed E-state index contributed by atoms with van der Waals surface area (Å²) in [6, 6.07) is 0.422. The molecule has 0 spiro atoms. The van der Waals surface area contributed by atoms with Gasteiger partial charge in [0.2, 0.25) is 5.91 Å². The third-order valence-corrected chi connectivity index (χ3v) is 7.09. The average Bonchev–Trinajstić information content (AvgIpc) is 2.71. The van der Waals surface area contributed by atoms with Crippen LogP contribution in [0.15, 0.2) is 0 Å². The first-order valence-electron chi connectivity index (χ1n) is 7.88. The molecule has 2 saturated carbocycles. The van der Waals surface area contributed by atoms with Gasteiger partial charge in [0.15, 0.2) is 5.11 Å². The Morgan fingerprint density at radius 1 is 1.18 bits per heavy atom. The van der Waals surface area contributed by atoms with Crippen LogP contribution in [0.5, 0.6) is 0 Å². The van der Waals surface area contributed by atoms with E-state index in [1.807, 2.05) is 0 Å². The molecule has 0 aromatic carbocycles. The third kappa shape index (κ3) is 2.65. The number of fused-ring (bicyclic) bond motifs is 2. The summed E-state index contributed by atoms with van der Waals surface area (Å²) in [5, 5.41) is 3.42. The molecule has 22 heavy (non-hydrogen) atoms. The Labute approximate surface area is 148 Å². The van der Waals surface area contributed by atoms with Crippen LogP contribution in [-0.2, 0) is 4.79 Å². The van der Waals surface area contributed by atoms with Gasteiger partial charge in [0.1, 0.15) is 4.33 Å². The number of amides is 1. The maximum atomic E-state index is 12.4. The lowest BCUT2D eigenvalue weighted by Crippen LogP contribution is -2.48. The van der Waals surface area contributed by atoms with Crippen LogP contribution in [0.4, 0.5) is 0 Å². The van der Waals surface area contributed by atoms with Crippen molar-refractivity contribution in [1.29, 1.82) is 0 Å². The highest BCUT2D eigenvalue weighted by Crippen LogP contribution is 2.63. The number of hydrogen-bond acceptors (Lipinski definition) is 2. The van der Waals surface area contributed by atoms with Crippen molar-refractivity contribution < 1.29 is 4.79 Å². The van der Waals surface area contributed by atoms with E-state index in [2.05, 4.69) is 31.0 Å². The Balaban J connectivity index is 1.68. The first-order valence-corrected chi connectivity index (χ1v) is 9.04. The van der Waals surface area contributed by atoms with Crippen molar-refractivity contribution >= 4 is 46.4 Å². The molecular formula is C16H24Cl2N2OS. The molecule has 1 amide bonds. The number of halogens is 2. The minimum Gasteiger partial charge on any atom is -0.345 e. The van der Waals surface area contributed by atoms with Crippen LogP contribution >= 0.6 is 35.4 Å². The lowest BCUT2D eigenvalue weighted by Gasteiger charge is -2.39. The first kappa shape index (κ1) is 16.8. The van der Waals surface area contributed by atoms with Crippen molar-refractivity contribution in [3.8, 4) is 0 Å². The van der Waals surface area contributed by atoms with E-state index in [1.54, 1.807) is 6.92 Å². The van der Waals surface area contributed by atoms with Crippen LogP contribution in [0.1, 0.15) is 53.4 Å². The maximum Gasteiger partial charge on any atom is 0.235 e. The zero-order valence-corrected chi connectivity index (χ0v) is 16.0. The number of likely N-dealkylation sites (tertiary alicyclic amines) is 1. The molecule has 0 unspecified atom stereocenters. The summed E-state index contributed by atoms with van der Waals surface area (Å²) in [6.45, 7) is 9.68. The highest BCUT2D eigenvalue weighted by Gasteiger charge is 2.68. The van der Waals surface area contributed by atoms with Crippen LogP contribution in [0.3, 0.4) is 0 Å². The van der Waals surface area contributed by atoms with Crippen molar-refractivity contribution in [2.45, 2.75) is 63.8 Å². The van der Waals surface area contributed by atoms with Crippen LogP contribution < -0.4 is 5.32 Å². The Morgan fingerprint density at radius 2 is 1.77 bits per heavy atom. The van der Waals surface area contributed by atoms with Gasteiger partial charge >= 0.3 is 0 Å². The van der Waals surface area contributed by atoms with Gasteiger partial charge in [-0.15, -0.1) is 23.2 Å². The van der Waals surface area contributed by atoms with Gasteiger partial charge in [0.05, 0.1) is 5.41 Å². The second kappa shape index (κ2) is 4.73. The molecule has 3 nitrogen and oxygen atoms in total. The van der Waals surface area contributed by atoms with Crippen molar-refractivity contribution in [3.63, 3.8) is 0 Å². The second-order valence-corrected chi connectivity index (χ2v) is 10.7. The van der Waals surface area contributed by atoms with Gasteiger partial charge in [-0.3, -0.25) is 4.79 Å². The number of nitrogens with zero attached hydrogens (tertiary/aromatic N) is 1. The van der Waals surface area contributed by atoms with Crippen molar-refractivity contribution in [1.82, 2.24) is 10.2 Å². The van der Waals surface area contributed by atoms with Gasteiger partial charge in [-0.25, -0.2) is 0 Å². The normalized spacial score (nSPS) is 41.2. The lowest BCUT2D eigenvalue weighted by atomic mass is 9.65. The molecule has 1 N–H and O–H groups in total. The standard InChI is InChI=1S/C16H24Cl2N2OS/c1-13(2)5-10-6-14(3,7-13)9-20(10)12(22)19-11(21)15(4)8-16(15,17)18/h10H,5-9H2,1-4H3,(H,19,21,22)/t10-,14+,15-/m0/s1. The van der Waals surface area contributed by atoms with Gasteiger partial charge in [-0.1, -0.05) is 20.8 Å². The third-order valence-electron chi connectivity index (χ3n) is 5.66. The number of hydrogen-bond donors (Lipinski definition) is 1. The molecule has 1 heterocycles. The number of alkyl halides is 2. The van der Waals surface area contributed by atoms with Gasteiger partial charge in [0, 0.05) is 12.6 Å². The quantitative estimate of drug-likeness (QED) is 0.567. The predicted octanol–water partition coefficient (Wildman–Crippen LogP) is 3.87. The van der Waals surface area contributed by atoms with E-state index in [-0.39, 0.29) is 11.3 Å². The van der Waals surface area contributed by atoms with E-state index >= 15 is 0 Å². The minimum absolute atomic E-state index is 0.159. The molecule has 1 saturated heterocycles. The molecule has 124 valence electrons. The van der Waals surface area contributed by atoms with Gasteiger partial charge < -0.3 is 10.2 Å². The Hall–Kier alpha value is -0.0600. The first-order chi connectivity index (χ1) is 9.88. The minimum atomic E-state index is -0.957. The largest absolute Gasteiger partial charge is 0.345 e. The van der Waals surface area contributed by atoms with Crippen molar-refractivity contribution in [2.75, 3.05) is 6.54 Å². The zero-order valence-electron chi connectivity index (χ0n) is 13.6. The molecule has 2 bridgehead atoms. The summed E-state index contributed by atoms with van der Waals surface area (Å²) in [7, 11) is 0. The molecule has 0 aromatic rings. The number of rotatable bonds is 1. The summed E-state index contributed by atoms with van der Waals surface area (Å²) < 4.78 is -0.957. The van der Waals surface area contributed by atoms with E-state index in [0.717, 1.165) is 19.4 Å². The number of thiocarbonyl (C=S) groups is 1. The van der Waals surface area contributed by atoms with Crippen LogP contribution in [0.2, 0.25) is 0 Å². The summed E-state index contributed by atoms with van der Waals surface area (Å²) in [4.78, 5) is 14.6. The van der Waals surface area contributed by atoms with Gasteiger partial charge in [-0.05, 0) is 55.7 Å². The lowest BCUT2D eigenvalue weighted by molar-refractivity contribution is -0.124. The highest BCUT2D eigenvalue weighted by molar-refractivity contribution is 7.80. The highest BCUT2D eigenvalue weighted by atomic mass is 35.5. The molecule has 3 rings (SSSR count). The Morgan fingerprint density at radius 3 is 2.32 bits per heavy atom. The molecule has 2 aliphatic carbocycles. The van der Waals surface area contributed by atoms with Crippen molar-refractivity contribution in [2.24, 2.45) is 16.2 Å². The Kier molecular flexibility index (Phi) is 3.61. The van der Waals surface area contributed by atoms with Crippen molar-refractivity contribution in [3.05, 3.63) is 0 Å². The van der Waals surface area contributed by atoms with Gasteiger partial charge in [-0.2, -0.15) is 0 Å². The summed E-state index contributed by atoms with van der Waals surface area (Å²) in [5.74, 6) is -0.159. The number of carbonyl (C=O) groups excluding carboxylic acids is 1. The van der Waals surface area contributed by atoms with E-state index in [1.165, 1.54) is 6.42 Å². The van der Waals surface area contributed by atoms with E-state index in [0.29, 0.717) is 23.0 Å². The summed E-state index contributed by atoms with van der Waals surface area (Å²) >= 11 is 17.7. The van der Waals surface area contributed by atoms with Crippen LogP contribution in [-0.4, -0.2) is 32.8 Å². The molecule has 3 fully saturated rings. The van der Waals surface area contributed by atoms with E-state index < -0.39 is 9.75 Å². The SMILES string of the molecule is CC1(C)C[C@H]2C[C@@](C)(CN2C(=S)NC(=O)[C@]2(C)CC2(Cl)Cl)C1. The molecule has 6 heteroatoms. The fraction of sp³-hybridized carbons (Fsp3) is 0.875. The van der Waals surface area contributed by atoms with E-state index in [4.69, 9.17) is 35.4 Å². The molecule has 0 aromatic heterocycles. The van der Waals surface area contributed by atoms with Crippen LogP contribution in [0.25, 0.3) is 0 Å². The predicted molar refractivity (Wildman–Crippen MR) is 94.1 cm³/mol. The smallest absolute Gasteiger partial charge is 0.235 e. The second-order valence-electron chi connectivity index (χ2n) is 8.81. The monoisotopic (exact) mass is 362 g/mol.